The summed E-state index contributed by atoms with van der Waals surface area (Å²) in [5.74, 6) is -0.838. The molecule has 9 nitrogen and oxygen atoms in total. The van der Waals surface area contributed by atoms with Crippen LogP contribution in [0.2, 0.25) is 0 Å². The number of carbonyl (C=O) groups excluding carboxylic acids is 1. The van der Waals surface area contributed by atoms with E-state index in [0.29, 0.717) is 0 Å². The molecule has 28 heavy (non-hydrogen) atoms. The highest BCUT2D eigenvalue weighted by molar-refractivity contribution is 5.86. The maximum Gasteiger partial charge on any atom is 0.362 e. The fourth-order valence-electron chi connectivity index (χ4n) is 3.48. The van der Waals surface area contributed by atoms with Crippen LogP contribution in [-0.4, -0.2) is 59.3 Å². The third-order valence-corrected chi connectivity index (χ3v) is 4.95. The van der Waals surface area contributed by atoms with Crippen LogP contribution >= 0.6 is 0 Å². The largest absolute Gasteiger partial charge is 0.464 e. The van der Waals surface area contributed by atoms with E-state index in [1.54, 1.807) is 0 Å². The van der Waals surface area contributed by atoms with Crippen LogP contribution < -0.4 is 5.56 Å². The molecule has 2 aromatic rings. The van der Waals surface area contributed by atoms with Gasteiger partial charge in [0.05, 0.1) is 26.4 Å². The molecule has 0 bridgehead atoms. The van der Waals surface area contributed by atoms with Gasteiger partial charge in [-0.25, -0.2) is 9.78 Å². The van der Waals surface area contributed by atoms with E-state index in [1.807, 2.05) is 30.3 Å². The van der Waals surface area contributed by atoms with E-state index in [4.69, 9.17) is 14.2 Å². The molecule has 0 amide bonds. The van der Waals surface area contributed by atoms with Crippen molar-refractivity contribution in [3.8, 4) is 0 Å². The molecule has 1 unspecified atom stereocenters. The molecule has 2 aliphatic heterocycles. The zero-order valence-corrected chi connectivity index (χ0v) is 15.1. The number of fused-ring (bicyclic) bond motifs is 1. The number of hydrogen-bond donors (Lipinski definition) is 1. The number of nitrogens with zero attached hydrogens (tertiary/aromatic N) is 2. The highest BCUT2D eigenvalue weighted by Crippen LogP contribution is 2.34. The Kier molecular flexibility index (Phi) is 5.23. The van der Waals surface area contributed by atoms with E-state index in [2.05, 4.69) is 9.72 Å². The average Bonchev–Trinajstić information content (AvgIpc) is 2.74. The van der Waals surface area contributed by atoms with Crippen molar-refractivity contribution in [2.24, 2.45) is 0 Å². The summed E-state index contributed by atoms with van der Waals surface area (Å²) in [6.07, 6.45) is -0.119. The number of carbonyl (C=O) groups is 1. The minimum Gasteiger partial charge on any atom is -0.464 e. The first-order chi connectivity index (χ1) is 13.6. The van der Waals surface area contributed by atoms with Gasteiger partial charge in [0, 0.05) is 18.0 Å². The van der Waals surface area contributed by atoms with E-state index < -0.39 is 42.2 Å². The summed E-state index contributed by atoms with van der Waals surface area (Å²) in [4.78, 5) is 28.2. The van der Waals surface area contributed by atoms with E-state index in [1.165, 1.54) is 24.1 Å². The molecule has 0 radical (unpaired) electrons. The summed E-state index contributed by atoms with van der Waals surface area (Å²) < 4.78 is 23.3. The highest BCUT2D eigenvalue weighted by Gasteiger charge is 2.46. The highest BCUT2D eigenvalue weighted by atomic mass is 16.7. The van der Waals surface area contributed by atoms with Crippen molar-refractivity contribution in [3.63, 3.8) is 0 Å². The van der Waals surface area contributed by atoms with Gasteiger partial charge in [-0.05, 0) is 0 Å². The second-order valence-corrected chi connectivity index (χ2v) is 6.59. The van der Waals surface area contributed by atoms with Crippen LogP contribution in [0.3, 0.4) is 0 Å². The summed E-state index contributed by atoms with van der Waals surface area (Å²) in [7, 11) is 1.17. The molecule has 9 heteroatoms. The molecule has 0 spiro atoms. The Morgan fingerprint density at radius 2 is 2.04 bits per heavy atom. The van der Waals surface area contributed by atoms with Crippen molar-refractivity contribution in [1.29, 1.82) is 0 Å². The monoisotopic (exact) mass is 388 g/mol. The van der Waals surface area contributed by atoms with Gasteiger partial charge in [0.15, 0.2) is 6.29 Å². The molecule has 2 saturated heterocycles. The van der Waals surface area contributed by atoms with Gasteiger partial charge < -0.3 is 28.6 Å². The van der Waals surface area contributed by atoms with Gasteiger partial charge in [0.25, 0.3) is 5.56 Å². The number of esters is 1. The molecule has 148 valence electrons. The van der Waals surface area contributed by atoms with Crippen LogP contribution in [0.5, 0.6) is 0 Å². The summed E-state index contributed by atoms with van der Waals surface area (Å²) in [5, 5.41) is 10.9. The number of rotatable bonds is 3. The van der Waals surface area contributed by atoms with Gasteiger partial charge in [0.2, 0.25) is 5.69 Å². The Morgan fingerprint density at radius 1 is 1.25 bits per heavy atom. The molecule has 1 N–H and O–H groups in total. The van der Waals surface area contributed by atoms with Crippen LogP contribution in [0, 0.1) is 0 Å². The molecule has 1 aromatic heterocycles. The standard InChI is InChI=1S/C19H20N2O7/c1-25-18(24)14-17(23)21(8-7-20-14)12-9-26-13-10-27-19(28-16(13)15(12)22)11-5-3-2-4-6-11/h2-8,12-13,15-16,19,22H,9-10H2,1H3/t12-,13-,15+,16-,19?/m1/s1. The van der Waals surface area contributed by atoms with Crippen molar-refractivity contribution in [2.45, 2.75) is 30.6 Å². The van der Waals surface area contributed by atoms with E-state index >= 15 is 0 Å². The normalized spacial score (nSPS) is 29.7. The minimum absolute atomic E-state index is 0.0651. The fourth-order valence-corrected chi connectivity index (χ4v) is 3.48. The first-order valence-electron chi connectivity index (χ1n) is 8.87. The van der Waals surface area contributed by atoms with Crippen LogP contribution in [0.4, 0.5) is 0 Å². The van der Waals surface area contributed by atoms with Crippen molar-refractivity contribution in [3.05, 3.63) is 64.3 Å². The Morgan fingerprint density at radius 3 is 2.79 bits per heavy atom. The number of aliphatic hydroxyl groups excluding tert-OH is 1. The summed E-state index contributed by atoms with van der Waals surface area (Å²) in [6, 6.07) is 8.63. The summed E-state index contributed by atoms with van der Waals surface area (Å²) in [6.45, 7) is 0.322. The molecular formula is C19H20N2O7. The molecule has 0 saturated carbocycles. The van der Waals surface area contributed by atoms with Gasteiger partial charge in [0.1, 0.15) is 18.3 Å². The third kappa shape index (κ3) is 3.33. The second kappa shape index (κ2) is 7.80. The Balaban J connectivity index is 1.59. The van der Waals surface area contributed by atoms with Gasteiger partial charge in [-0.1, -0.05) is 30.3 Å². The van der Waals surface area contributed by atoms with Crippen LogP contribution in [0.25, 0.3) is 0 Å². The molecule has 4 rings (SSSR count). The number of ether oxygens (including phenoxy) is 4. The lowest BCUT2D eigenvalue weighted by Gasteiger charge is -2.45. The quantitative estimate of drug-likeness (QED) is 0.755. The molecule has 2 aliphatic rings. The molecule has 5 atom stereocenters. The van der Waals surface area contributed by atoms with Gasteiger partial charge >= 0.3 is 5.97 Å². The number of hydrogen-bond acceptors (Lipinski definition) is 8. The van der Waals surface area contributed by atoms with Crippen molar-refractivity contribution < 1.29 is 28.8 Å². The topological polar surface area (TPSA) is 109 Å². The zero-order valence-electron chi connectivity index (χ0n) is 15.1. The predicted octanol–water partition coefficient (Wildman–Crippen LogP) is 0.445. The maximum atomic E-state index is 12.6. The van der Waals surface area contributed by atoms with Gasteiger partial charge in [-0.15, -0.1) is 0 Å². The number of methoxy groups -OCH3 is 1. The van der Waals surface area contributed by atoms with E-state index in [0.717, 1.165) is 5.56 Å². The lowest BCUT2D eigenvalue weighted by atomic mass is 9.96. The molecule has 3 heterocycles. The number of aromatic nitrogens is 2. The Labute approximate surface area is 160 Å². The first kappa shape index (κ1) is 18.8. The second-order valence-electron chi connectivity index (χ2n) is 6.59. The lowest BCUT2D eigenvalue weighted by molar-refractivity contribution is -0.306. The lowest BCUT2D eigenvalue weighted by Crippen LogP contribution is -2.57. The van der Waals surface area contributed by atoms with Crippen LogP contribution in [0.15, 0.2) is 47.5 Å². The number of benzene rings is 1. The molecular weight excluding hydrogens is 368 g/mol. The zero-order chi connectivity index (χ0) is 19.7. The summed E-state index contributed by atoms with van der Waals surface area (Å²) in [5.41, 5.74) is -0.189. The maximum absolute atomic E-state index is 12.6. The van der Waals surface area contributed by atoms with Crippen molar-refractivity contribution in [1.82, 2.24) is 9.55 Å². The SMILES string of the molecule is COC(=O)c1nccn([C@@H]2CO[C@@H]3COC(c4ccccc4)O[C@H]3[C@H]2O)c1=O. The van der Waals surface area contributed by atoms with Gasteiger partial charge in [-0.3, -0.25) is 4.79 Å². The number of aliphatic hydroxyl groups is 1. The van der Waals surface area contributed by atoms with E-state index in [-0.39, 0.29) is 18.9 Å². The smallest absolute Gasteiger partial charge is 0.362 e. The molecule has 1 aromatic carbocycles. The first-order valence-corrected chi connectivity index (χ1v) is 8.87. The predicted molar refractivity (Wildman–Crippen MR) is 94.6 cm³/mol. The van der Waals surface area contributed by atoms with Crippen LogP contribution in [0.1, 0.15) is 28.4 Å². The molecule has 0 aliphatic carbocycles. The van der Waals surface area contributed by atoms with Gasteiger partial charge in [-0.2, -0.15) is 0 Å². The fraction of sp³-hybridized carbons (Fsp3) is 0.421. The Hall–Kier alpha value is -2.59. The Bertz CT molecular complexity index is 901. The minimum atomic E-state index is -1.04. The van der Waals surface area contributed by atoms with E-state index in [9.17, 15) is 14.7 Å². The van der Waals surface area contributed by atoms with Crippen molar-refractivity contribution in [2.75, 3.05) is 20.3 Å². The summed E-state index contributed by atoms with van der Waals surface area (Å²) >= 11 is 0. The third-order valence-electron chi connectivity index (χ3n) is 4.95. The van der Waals surface area contributed by atoms with Crippen molar-refractivity contribution >= 4 is 5.97 Å². The average molecular weight is 388 g/mol. The van der Waals surface area contributed by atoms with Crippen LogP contribution in [-0.2, 0) is 18.9 Å². The molecule has 2 fully saturated rings.